The second-order valence-corrected chi connectivity index (χ2v) is 4.60. The Morgan fingerprint density at radius 1 is 1.37 bits per heavy atom. The number of amides is 1. The van der Waals surface area contributed by atoms with E-state index < -0.39 is 5.54 Å². The largest absolute Gasteiger partial charge is 0.394 e. The van der Waals surface area contributed by atoms with Crippen molar-refractivity contribution in [3.63, 3.8) is 0 Å². The summed E-state index contributed by atoms with van der Waals surface area (Å²) >= 11 is 0. The van der Waals surface area contributed by atoms with Crippen molar-refractivity contribution in [1.82, 2.24) is 15.3 Å². The first-order valence-electron chi connectivity index (χ1n) is 6.47. The zero-order chi connectivity index (χ0) is 14.3. The van der Waals surface area contributed by atoms with Gasteiger partial charge in [-0.25, -0.2) is 9.97 Å². The van der Waals surface area contributed by atoms with Crippen LogP contribution in [-0.4, -0.2) is 46.7 Å². The molecule has 19 heavy (non-hydrogen) atoms. The summed E-state index contributed by atoms with van der Waals surface area (Å²) in [5.41, 5.74) is -0.532. The Balaban J connectivity index is 2.60. The maximum absolute atomic E-state index is 12.0. The van der Waals surface area contributed by atoms with Gasteiger partial charge in [0.2, 0.25) is 11.9 Å². The van der Waals surface area contributed by atoms with Crippen LogP contribution >= 0.6 is 0 Å². The maximum atomic E-state index is 12.0. The van der Waals surface area contributed by atoms with E-state index in [1.165, 1.54) is 0 Å². The third-order valence-corrected chi connectivity index (χ3v) is 3.34. The van der Waals surface area contributed by atoms with Gasteiger partial charge in [0.15, 0.2) is 0 Å². The molecule has 6 nitrogen and oxygen atoms in total. The Bertz CT molecular complexity index is 385. The van der Waals surface area contributed by atoms with Crippen LogP contribution in [0.2, 0.25) is 0 Å². The van der Waals surface area contributed by atoms with Gasteiger partial charge in [-0.15, -0.1) is 0 Å². The minimum atomic E-state index is -0.532. The van der Waals surface area contributed by atoms with Crippen molar-refractivity contribution in [1.29, 1.82) is 0 Å². The molecular weight excluding hydrogens is 244 g/mol. The number of nitrogens with one attached hydrogen (secondary N) is 1. The second kappa shape index (κ2) is 7.04. The highest BCUT2D eigenvalue weighted by Crippen LogP contribution is 2.14. The highest BCUT2D eigenvalue weighted by Gasteiger charge is 2.27. The van der Waals surface area contributed by atoms with E-state index in [0.717, 1.165) is 0 Å². The van der Waals surface area contributed by atoms with E-state index in [1.54, 1.807) is 30.4 Å². The van der Waals surface area contributed by atoms with Gasteiger partial charge in [-0.1, -0.05) is 13.8 Å². The van der Waals surface area contributed by atoms with E-state index in [2.05, 4.69) is 15.3 Å². The lowest BCUT2D eigenvalue weighted by Gasteiger charge is -2.31. The first kappa shape index (κ1) is 15.4. The molecule has 0 aliphatic heterocycles. The van der Waals surface area contributed by atoms with Gasteiger partial charge >= 0.3 is 0 Å². The van der Waals surface area contributed by atoms with Crippen LogP contribution in [0.4, 0.5) is 5.95 Å². The predicted octanol–water partition coefficient (Wildman–Crippen LogP) is 0.580. The zero-order valence-corrected chi connectivity index (χ0v) is 11.8. The van der Waals surface area contributed by atoms with Gasteiger partial charge in [-0.05, 0) is 18.9 Å². The topological polar surface area (TPSA) is 78.4 Å². The van der Waals surface area contributed by atoms with Crippen LogP contribution in [0.15, 0.2) is 18.5 Å². The van der Waals surface area contributed by atoms with Crippen LogP contribution in [0, 0.1) is 0 Å². The lowest BCUT2D eigenvalue weighted by molar-refractivity contribution is -0.122. The number of likely N-dealkylation sites (N-methyl/N-ethyl adjacent to an activating group) is 1. The van der Waals surface area contributed by atoms with Gasteiger partial charge in [-0.3, -0.25) is 4.79 Å². The van der Waals surface area contributed by atoms with Crippen molar-refractivity contribution in [2.75, 3.05) is 25.1 Å². The van der Waals surface area contributed by atoms with Gasteiger partial charge in [0.05, 0.1) is 18.7 Å². The average molecular weight is 266 g/mol. The highest BCUT2D eigenvalue weighted by molar-refractivity contribution is 5.81. The molecule has 0 saturated heterocycles. The lowest BCUT2D eigenvalue weighted by Crippen LogP contribution is -2.53. The number of anilines is 1. The number of aliphatic hydroxyl groups is 1. The van der Waals surface area contributed by atoms with Crippen molar-refractivity contribution in [2.45, 2.75) is 32.2 Å². The van der Waals surface area contributed by atoms with Crippen LogP contribution in [0.3, 0.4) is 0 Å². The van der Waals surface area contributed by atoms with Crippen molar-refractivity contribution < 1.29 is 9.90 Å². The summed E-state index contributed by atoms with van der Waals surface area (Å²) in [6.07, 6.45) is 4.65. The molecule has 0 aliphatic rings. The Hall–Kier alpha value is -1.69. The second-order valence-electron chi connectivity index (χ2n) is 4.60. The van der Waals surface area contributed by atoms with E-state index >= 15 is 0 Å². The van der Waals surface area contributed by atoms with Gasteiger partial charge in [0.1, 0.15) is 0 Å². The summed E-state index contributed by atoms with van der Waals surface area (Å²) in [7, 11) is 1.76. The molecule has 0 fully saturated rings. The van der Waals surface area contributed by atoms with Crippen molar-refractivity contribution in [3.8, 4) is 0 Å². The molecular formula is C13H22N4O2. The zero-order valence-electron chi connectivity index (χ0n) is 11.8. The SMILES string of the molecule is CCC(CC)(CO)NC(=O)CN(C)c1ncccn1. The third kappa shape index (κ3) is 4.17. The van der Waals surface area contributed by atoms with E-state index in [9.17, 15) is 9.90 Å². The quantitative estimate of drug-likeness (QED) is 0.755. The number of hydrogen-bond donors (Lipinski definition) is 2. The van der Waals surface area contributed by atoms with E-state index in [-0.39, 0.29) is 19.1 Å². The molecule has 0 aromatic carbocycles. The normalized spacial score (nSPS) is 11.2. The Labute approximate surface area is 113 Å². The first-order valence-corrected chi connectivity index (χ1v) is 6.47. The van der Waals surface area contributed by atoms with Crippen LogP contribution in [0.5, 0.6) is 0 Å². The Morgan fingerprint density at radius 3 is 2.42 bits per heavy atom. The van der Waals surface area contributed by atoms with E-state index in [4.69, 9.17) is 0 Å². The highest BCUT2D eigenvalue weighted by atomic mass is 16.3. The smallest absolute Gasteiger partial charge is 0.240 e. The molecule has 0 radical (unpaired) electrons. The van der Waals surface area contributed by atoms with Crippen LogP contribution in [-0.2, 0) is 4.79 Å². The van der Waals surface area contributed by atoms with Crippen LogP contribution in [0.1, 0.15) is 26.7 Å². The van der Waals surface area contributed by atoms with E-state index in [0.29, 0.717) is 18.8 Å². The lowest BCUT2D eigenvalue weighted by atomic mass is 9.94. The fourth-order valence-corrected chi connectivity index (χ4v) is 1.80. The van der Waals surface area contributed by atoms with Crippen molar-refractivity contribution in [2.24, 2.45) is 0 Å². The molecule has 0 bridgehead atoms. The molecule has 0 unspecified atom stereocenters. The predicted molar refractivity (Wildman–Crippen MR) is 73.8 cm³/mol. The summed E-state index contributed by atoms with van der Waals surface area (Å²) in [4.78, 5) is 21.8. The fourth-order valence-electron chi connectivity index (χ4n) is 1.80. The summed E-state index contributed by atoms with van der Waals surface area (Å²) < 4.78 is 0. The van der Waals surface area contributed by atoms with Crippen LogP contribution in [0.25, 0.3) is 0 Å². The van der Waals surface area contributed by atoms with E-state index in [1.807, 2.05) is 13.8 Å². The van der Waals surface area contributed by atoms with Crippen molar-refractivity contribution in [3.05, 3.63) is 18.5 Å². The Kier molecular flexibility index (Phi) is 5.69. The summed E-state index contributed by atoms with van der Waals surface area (Å²) in [5.74, 6) is 0.355. The number of hydrogen-bond acceptors (Lipinski definition) is 5. The van der Waals surface area contributed by atoms with Gasteiger partial charge in [0, 0.05) is 19.4 Å². The third-order valence-electron chi connectivity index (χ3n) is 3.34. The monoisotopic (exact) mass is 266 g/mol. The molecule has 1 heterocycles. The molecule has 2 N–H and O–H groups in total. The summed E-state index contributed by atoms with van der Waals surface area (Å²) in [5, 5.41) is 12.3. The summed E-state index contributed by atoms with van der Waals surface area (Å²) in [6.45, 7) is 4.00. The molecule has 1 aromatic rings. The average Bonchev–Trinajstić information content (AvgIpc) is 2.46. The fraction of sp³-hybridized carbons (Fsp3) is 0.615. The van der Waals surface area contributed by atoms with Crippen molar-refractivity contribution >= 4 is 11.9 Å². The molecule has 1 rings (SSSR count). The maximum Gasteiger partial charge on any atom is 0.240 e. The molecule has 0 aliphatic carbocycles. The molecule has 0 atom stereocenters. The standard InChI is InChI=1S/C13H22N4O2/c1-4-13(5-2,10-18)16-11(19)9-17(3)12-14-7-6-8-15-12/h6-8,18H,4-5,9-10H2,1-3H3,(H,16,19). The molecule has 6 heteroatoms. The summed E-state index contributed by atoms with van der Waals surface area (Å²) in [6, 6.07) is 1.72. The van der Waals surface area contributed by atoms with Crippen LogP contribution < -0.4 is 10.2 Å². The Morgan fingerprint density at radius 2 is 1.95 bits per heavy atom. The number of rotatable bonds is 7. The minimum absolute atomic E-state index is 0.0582. The van der Waals surface area contributed by atoms with Gasteiger partial charge < -0.3 is 15.3 Å². The number of aromatic nitrogens is 2. The number of carbonyl (C=O) groups excluding carboxylic acids is 1. The van der Waals surface area contributed by atoms with Gasteiger partial charge in [-0.2, -0.15) is 0 Å². The first-order chi connectivity index (χ1) is 9.06. The molecule has 1 aromatic heterocycles. The van der Waals surface area contributed by atoms with Gasteiger partial charge in [0.25, 0.3) is 0 Å². The molecule has 1 amide bonds. The number of nitrogens with zero attached hydrogens (tertiary/aromatic N) is 3. The number of aliphatic hydroxyl groups excluding tert-OH is 1. The minimum Gasteiger partial charge on any atom is -0.394 e. The molecule has 106 valence electrons. The number of carbonyl (C=O) groups is 1. The molecule has 0 spiro atoms. The molecule has 0 saturated carbocycles.